The second-order valence-electron chi connectivity index (χ2n) is 8.58. The topological polar surface area (TPSA) is 74.1 Å². The van der Waals surface area contributed by atoms with Crippen molar-refractivity contribution in [1.29, 1.82) is 0 Å². The predicted molar refractivity (Wildman–Crippen MR) is 127 cm³/mol. The standard InChI is InChI=1S/C26H24ClN3O4/c27-20-7-4-18(5-8-20)16-28-10-2-11-29(13-12-28)24(31)19-6-9-22-23(15-19)26(33)30(25(22)32)17-21-3-1-14-34-21/h1,3-9,14-15H,2,10-13,16-17H2. The van der Waals surface area contributed by atoms with E-state index in [4.69, 9.17) is 16.0 Å². The fourth-order valence-electron chi connectivity index (χ4n) is 4.49. The Morgan fingerprint density at radius 1 is 0.882 bits per heavy atom. The Kier molecular flexibility index (Phi) is 6.22. The number of carbonyl (C=O) groups excluding carboxylic acids is 3. The van der Waals surface area contributed by atoms with Gasteiger partial charge in [0.2, 0.25) is 0 Å². The number of fused-ring (bicyclic) bond motifs is 1. The first-order valence-corrected chi connectivity index (χ1v) is 11.7. The van der Waals surface area contributed by atoms with Crippen molar-refractivity contribution >= 4 is 29.3 Å². The molecule has 0 saturated carbocycles. The molecule has 8 heteroatoms. The van der Waals surface area contributed by atoms with Gasteiger partial charge in [-0.25, -0.2) is 0 Å². The fourth-order valence-corrected chi connectivity index (χ4v) is 4.61. The van der Waals surface area contributed by atoms with Crippen LogP contribution in [0.15, 0.2) is 65.3 Å². The molecule has 0 atom stereocenters. The van der Waals surface area contributed by atoms with Crippen molar-refractivity contribution in [2.24, 2.45) is 0 Å². The smallest absolute Gasteiger partial charge is 0.261 e. The quantitative estimate of drug-likeness (QED) is 0.518. The van der Waals surface area contributed by atoms with Gasteiger partial charge in [0.25, 0.3) is 17.7 Å². The van der Waals surface area contributed by atoms with Gasteiger partial charge < -0.3 is 9.32 Å². The molecular formula is C26H24ClN3O4. The lowest BCUT2D eigenvalue weighted by molar-refractivity contribution is 0.0631. The molecule has 0 aliphatic carbocycles. The van der Waals surface area contributed by atoms with Gasteiger partial charge in [-0.15, -0.1) is 0 Å². The van der Waals surface area contributed by atoms with Crippen molar-refractivity contribution in [3.63, 3.8) is 0 Å². The van der Waals surface area contributed by atoms with Crippen molar-refractivity contribution in [2.45, 2.75) is 19.5 Å². The number of furan rings is 1. The van der Waals surface area contributed by atoms with Crippen molar-refractivity contribution in [2.75, 3.05) is 26.2 Å². The normalized spacial score (nSPS) is 16.6. The van der Waals surface area contributed by atoms with Gasteiger partial charge in [0.1, 0.15) is 5.76 Å². The fraction of sp³-hybridized carbons (Fsp3) is 0.269. The molecule has 3 amide bonds. The van der Waals surface area contributed by atoms with Crippen LogP contribution in [-0.2, 0) is 13.1 Å². The van der Waals surface area contributed by atoms with Crippen LogP contribution in [0.4, 0.5) is 0 Å². The van der Waals surface area contributed by atoms with E-state index in [9.17, 15) is 14.4 Å². The SMILES string of the molecule is O=C(c1ccc2c(c1)C(=O)N(Cc1ccco1)C2=O)N1CCCN(Cc2ccc(Cl)cc2)CC1. The second-order valence-corrected chi connectivity index (χ2v) is 9.02. The minimum Gasteiger partial charge on any atom is -0.467 e. The summed E-state index contributed by atoms with van der Waals surface area (Å²) >= 11 is 5.98. The molecule has 0 spiro atoms. The molecule has 1 aromatic heterocycles. The number of benzene rings is 2. The number of rotatable bonds is 5. The first-order valence-electron chi connectivity index (χ1n) is 11.3. The maximum Gasteiger partial charge on any atom is 0.261 e. The van der Waals surface area contributed by atoms with Crippen LogP contribution in [0, 0.1) is 0 Å². The zero-order valence-electron chi connectivity index (χ0n) is 18.6. The van der Waals surface area contributed by atoms with E-state index in [1.807, 2.05) is 29.2 Å². The number of halogens is 1. The van der Waals surface area contributed by atoms with Crippen LogP contribution in [-0.4, -0.2) is 58.6 Å². The summed E-state index contributed by atoms with van der Waals surface area (Å²) < 4.78 is 5.28. The average molecular weight is 478 g/mol. The van der Waals surface area contributed by atoms with E-state index < -0.39 is 5.91 Å². The van der Waals surface area contributed by atoms with Crippen molar-refractivity contribution in [3.8, 4) is 0 Å². The summed E-state index contributed by atoms with van der Waals surface area (Å²) in [5, 5.41) is 0.718. The van der Waals surface area contributed by atoms with E-state index in [1.54, 1.807) is 30.3 Å². The lowest BCUT2D eigenvalue weighted by Gasteiger charge is -2.22. The molecule has 7 nitrogen and oxygen atoms in total. The number of carbonyl (C=O) groups is 3. The van der Waals surface area contributed by atoms with Gasteiger partial charge in [0.05, 0.1) is 23.9 Å². The van der Waals surface area contributed by atoms with Crippen molar-refractivity contribution in [1.82, 2.24) is 14.7 Å². The first kappa shape index (κ1) is 22.4. The molecule has 34 heavy (non-hydrogen) atoms. The summed E-state index contributed by atoms with van der Waals surface area (Å²) in [6.45, 7) is 3.77. The van der Waals surface area contributed by atoms with Gasteiger partial charge >= 0.3 is 0 Å². The predicted octanol–water partition coefficient (Wildman–Crippen LogP) is 4.08. The summed E-state index contributed by atoms with van der Waals surface area (Å²) in [5.74, 6) is -0.376. The zero-order valence-corrected chi connectivity index (χ0v) is 19.3. The molecule has 0 radical (unpaired) electrons. The highest BCUT2D eigenvalue weighted by Gasteiger charge is 2.36. The van der Waals surface area contributed by atoms with E-state index in [1.165, 1.54) is 11.8 Å². The van der Waals surface area contributed by atoms with Crippen LogP contribution in [0.1, 0.15) is 48.8 Å². The van der Waals surface area contributed by atoms with Crippen LogP contribution in [0.3, 0.4) is 0 Å². The molecular weight excluding hydrogens is 454 g/mol. The van der Waals surface area contributed by atoms with Gasteiger partial charge in [-0.3, -0.25) is 24.2 Å². The minimum atomic E-state index is -0.406. The van der Waals surface area contributed by atoms with Gasteiger partial charge in [0.15, 0.2) is 0 Å². The summed E-state index contributed by atoms with van der Waals surface area (Å²) in [5.41, 5.74) is 2.19. The molecule has 0 N–H and O–H groups in total. The Bertz CT molecular complexity index is 1220. The monoisotopic (exact) mass is 477 g/mol. The highest BCUT2D eigenvalue weighted by Crippen LogP contribution is 2.26. The van der Waals surface area contributed by atoms with Crippen LogP contribution in [0.25, 0.3) is 0 Å². The number of nitrogens with zero attached hydrogens (tertiary/aromatic N) is 3. The largest absolute Gasteiger partial charge is 0.467 e. The maximum atomic E-state index is 13.2. The third kappa shape index (κ3) is 4.49. The Hall–Kier alpha value is -3.42. The molecule has 174 valence electrons. The van der Waals surface area contributed by atoms with E-state index in [0.29, 0.717) is 30.0 Å². The van der Waals surface area contributed by atoms with E-state index >= 15 is 0 Å². The Balaban J connectivity index is 1.26. The summed E-state index contributed by atoms with van der Waals surface area (Å²) in [6.07, 6.45) is 2.36. The number of hydrogen-bond donors (Lipinski definition) is 0. The van der Waals surface area contributed by atoms with Gasteiger partial charge in [-0.05, 0) is 54.4 Å². The maximum absolute atomic E-state index is 13.2. The van der Waals surface area contributed by atoms with Gasteiger partial charge in [0, 0.05) is 43.3 Å². The summed E-state index contributed by atoms with van der Waals surface area (Å²) in [4.78, 5) is 44.2. The van der Waals surface area contributed by atoms with Crippen LogP contribution >= 0.6 is 11.6 Å². The molecule has 0 bridgehead atoms. The molecule has 3 heterocycles. The summed E-state index contributed by atoms with van der Waals surface area (Å²) in [6, 6.07) is 16.0. The van der Waals surface area contributed by atoms with Gasteiger partial charge in [-0.2, -0.15) is 0 Å². The number of hydrogen-bond acceptors (Lipinski definition) is 5. The van der Waals surface area contributed by atoms with Crippen molar-refractivity contribution < 1.29 is 18.8 Å². The molecule has 5 rings (SSSR count). The molecule has 3 aromatic rings. The zero-order chi connectivity index (χ0) is 23.7. The molecule has 1 saturated heterocycles. The van der Waals surface area contributed by atoms with Crippen LogP contribution < -0.4 is 0 Å². The van der Waals surface area contributed by atoms with E-state index in [-0.39, 0.29) is 23.9 Å². The molecule has 2 aliphatic rings. The highest BCUT2D eigenvalue weighted by atomic mass is 35.5. The van der Waals surface area contributed by atoms with E-state index in [0.717, 1.165) is 36.0 Å². The molecule has 1 fully saturated rings. The van der Waals surface area contributed by atoms with Crippen LogP contribution in [0.5, 0.6) is 0 Å². The molecule has 2 aliphatic heterocycles. The Labute approximate surface area is 202 Å². The number of amides is 3. The minimum absolute atomic E-state index is 0.0677. The number of imide groups is 1. The lowest BCUT2D eigenvalue weighted by Crippen LogP contribution is -2.35. The summed E-state index contributed by atoms with van der Waals surface area (Å²) in [7, 11) is 0. The van der Waals surface area contributed by atoms with Crippen molar-refractivity contribution in [3.05, 3.63) is 93.9 Å². The van der Waals surface area contributed by atoms with Crippen LogP contribution in [0.2, 0.25) is 5.02 Å². The molecule has 0 unspecified atom stereocenters. The second kappa shape index (κ2) is 9.44. The highest BCUT2D eigenvalue weighted by molar-refractivity contribution is 6.30. The third-order valence-electron chi connectivity index (χ3n) is 6.31. The molecule has 2 aromatic carbocycles. The van der Waals surface area contributed by atoms with E-state index in [2.05, 4.69) is 4.90 Å². The van der Waals surface area contributed by atoms with Gasteiger partial charge in [-0.1, -0.05) is 23.7 Å². The Morgan fingerprint density at radius 3 is 2.44 bits per heavy atom. The first-order chi connectivity index (χ1) is 16.5. The Morgan fingerprint density at radius 2 is 1.68 bits per heavy atom. The average Bonchev–Trinajstić information content (AvgIpc) is 3.36. The lowest BCUT2D eigenvalue weighted by atomic mass is 10.0. The third-order valence-corrected chi connectivity index (χ3v) is 6.56.